The van der Waals surface area contributed by atoms with Crippen LogP contribution in [-0.4, -0.2) is 5.11 Å². The van der Waals surface area contributed by atoms with Crippen LogP contribution in [0.4, 0.5) is 4.39 Å². The fraction of sp³-hybridized carbons (Fsp3) is 0.250. The van der Waals surface area contributed by atoms with Gasteiger partial charge in [-0.15, -0.1) is 0 Å². The van der Waals surface area contributed by atoms with Gasteiger partial charge in [-0.25, -0.2) is 4.39 Å². The van der Waals surface area contributed by atoms with E-state index in [4.69, 9.17) is 0 Å². The van der Waals surface area contributed by atoms with Gasteiger partial charge in [0.05, 0.1) is 0 Å². The first-order valence-corrected chi connectivity index (χ1v) is 6.34. The van der Waals surface area contributed by atoms with Gasteiger partial charge in [-0.3, -0.25) is 0 Å². The highest BCUT2D eigenvalue weighted by molar-refractivity contribution is 5.33. The number of aromatic hydroxyl groups is 1. The van der Waals surface area contributed by atoms with Crippen LogP contribution in [0.2, 0.25) is 0 Å². The van der Waals surface area contributed by atoms with E-state index in [1.54, 1.807) is 12.1 Å². The lowest BCUT2D eigenvalue weighted by Crippen LogP contribution is -2.18. The van der Waals surface area contributed by atoms with E-state index < -0.39 is 5.82 Å². The maximum Gasteiger partial charge on any atom is 0.165 e. The molecule has 0 fully saturated rings. The molecule has 2 rings (SSSR count). The minimum absolute atomic E-state index is 0.142. The predicted molar refractivity (Wildman–Crippen MR) is 74.5 cm³/mol. The number of phenols is 1. The summed E-state index contributed by atoms with van der Waals surface area (Å²) in [6, 6.07) is 13.0. The van der Waals surface area contributed by atoms with Crippen molar-refractivity contribution < 1.29 is 9.50 Å². The van der Waals surface area contributed by atoms with E-state index in [2.05, 4.69) is 29.6 Å². The van der Waals surface area contributed by atoms with Gasteiger partial charge in [0.1, 0.15) is 0 Å². The number of halogens is 1. The maximum absolute atomic E-state index is 13.2. The fourth-order valence-corrected chi connectivity index (χ4v) is 1.94. The molecule has 0 aromatic heterocycles. The SMILES string of the molecule is Cc1ccc(C(C)NCc2cccc(F)c2O)cc1. The van der Waals surface area contributed by atoms with Crippen molar-refractivity contribution in [3.63, 3.8) is 0 Å². The molecule has 0 spiro atoms. The lowest BCUT2D eigenvalue weighted by Gasteiger charge is -2.15. The second kappa shape index (κ2) is 5.85. The fourth-order valence-electron chi connectivity index (χ4n) is 1.94. The number of hydrogen-bond acceptors (Lipinski definition) is 2. The monoisotopic (exact) mass is 259 g/mol. The van der Waals surface area contributed by atoms with E-state index in [9.17, 15) is 9.50 Å². The van der Waals surface area contributed by atoms with Crippen LogP contribution in [0.3, 0.4) is 0 Å². The van der Waals surface area contributed by atoms with E-state index in [0.717, 1.165) is 0 Å². The standard InChI is InChI=1S/C16H18FNO/c1-11-6-8-13(9-7-11)12(2)18-10-14-4-3-5-15(17)16(14)19/h3-9,12,18-19H,10H2,1-2H3. The number of aryl methyl sites for hydroxylation is 1. The second-order valence-electron chi connectivity index (χ2n) is 4.76. The molecule has 3 heteroatoms. The van der Waals surface area contributed by atoms with Crippen LogP contribution in [0.25, 0.3) is 0 Å². The number of phenolic OH excluding ortho intramolecular Hbond substituents is 1. The summed E-state index contributed by atoms with van der Waals surface area (Å²) in [6.07, 6.45) is 0. The Hall–Kier alpha value is -1.87. The van der Waals surface area contributed by atoms with Gasteiger partial charge in [-0.2, -0.15) is 0 Å². The van der Waals surface area contributed by atoms with Gasteiger partial charge in [-0.1, -0.05) is 42.0 Å². The molecule has 0 aliphatic rings. The van der Waals surface area contributed by atoms with Gasteiger partial charge in [-0.05, 0) is 25.5 Å². The summed E-state index contributed by atoms with van der Waals surface area (Å²) in [7, 11) is 0. The van der Waals surface area contributed by atoms with E-state index in [1.807, 2.05) is 13.8 Å². The first kappa shape index (κ1) is 13.6. The van der Waals surface area contributed by atoms with Crippen molar-refractivity contribution >= 4 is 0 Å². The van der Waals surface area contributed by atoms with Crippen molar-refractivity contribution in [2.75, 3.05) is 0 Å². The minimum Gasteiger partial charge on any atom is -0.505 e. The smallest absolute Gasteiger partial charge is 0.165 e. The Morgan fingerprint density at radius 1 is 1.16 bits per heavy atom. The lowest BCUT2D eigenvalue weighted by molar-refractivity contribution is 0.421. The third-order valence-electron chi connectivity index (χ3n) is 3.25. The van der Waals surface area contributed by atoms with Crippen LogP contribution in [-0.2, 0) is 6.54 Å². The van der Waals surface area contributed by atoms with Gasteiger partial charge >= 0.3 is 0 Å². The highest BCUT2D eigenvalue weighted by atomic mass is 19.1. The van der Waals surface area contributed by atoms with Gasteiger partial charge in [0.25, 0.3) is 0 Å². The number of para-hydroxylation sites is 1. The minimum atomic E-state index is -0.581. The summed E-state index contributed by atoms with van der Waals surface area (Å²) in [6.45, 7) is 4.52. The molecule has 1 unspecified atom stereocenters. The van der Waals surface area contributed by atoms with Crippen molar-refractivity contribution in [1.82, 2.24) is 5.32 Å². The number of benzene rings is 2. The molecule has 2 N–H and O–H groups in total. The molecule has 2 aromatic rings. The number of nitrogens with one attached hydrogen (secondary N) is 1. The first-order chi connectivity index (χ1) is 9.08. The Balaban J connectivity index is 2.02. The molecule has 0 saturated carbocycles. The van der Waals surface area contributed by atoms with Gasteiger partial charge in [0.2, 0.25) is 0 Å². The van der Waals surface area contributed by atoms with Gasteiger partial charge < -0.3 is 10.4 Å². The average molecular weight is 259 g/mol. The third-order valence-corrected chi connectivity index (χ3v) is 3.25. The van der Waals surface area contributed by atoms with Crippen molar-refractivity contribution in [1.29, 1.82) is 0 Å². The predicted octanol–water partition coefficient (Wildman–Crippen LogP) is 3.69. The quantitative estimate of drug-likeness (QED) is 0.877. The van der Waals surface area contributed by atoms with Crippen molar-refractivity contribution in [3.05, 3.63) is 65.0 Å². The van der Waals surface area contributed by atoms with Crippen LogP contribution >= 0.6 is 0 Å². The highest BCUT2D eigenvalue weighted by Crippen LogP contribution is 2.21. The van der Waals surface area contributed by atoms with E-state index >= 15 is 0 Å². The van der Waals surface area contributed by atoms with E-state index in [-0.39, 0.29) is 11.8 Å². The van der Waals surface area contributed by atoms with Crippen LogP contribution in [0.5, 0.6) is 5.75 Å². The summed E-state index contributed by atoms with van der Waals surface area (Å²) in [5.74, 6) is -0.853. The van der Waals surface area contributed by atoms with Crippen molar-refractivity contribution in [2.45, 2.75) is 26.4 Å². The molecule has 0 bridgehead atoms. The van der Waals surface area contributed by atoms with E-state index in [1.165, 1.54) is 17.2 Å². The Bertz CT molecular complexity index is 551. The molecule has 2 aromatic carbocycles. The Labute approximate surface area is 112 Å². The van der Waals surface area contributed by atoms with Crippen molar-refractivity contribution in [3.8, 4) is 5.75 Å². The van der Waals surface area contributed by atoms with Crippen molar-refractivity contribution in [2.24, 2.45) is 0 Å². The average Bonchev–Trinajstić information content (AvgIpc) is 2.41. The zero-order valence-electron chi connectivity index (χ0n) is 11.2. The summed E-state index contributed by atoms with van der Waals surface area (Å²) < 4.78 is 13.2. The topological polar surface area (TPSA) is 32.3 Å². The highest BCUT2D eigenvalue weighted by Gasteiger charge is 2.09. The van der Waals surface area contributed by atoms with Gasteiger partial charge in [0, 0.05) is 18.2 Å². The summed E-state index contributed by atoms with van der Waals surface area (Å²) in [5.41, 5.74) is 2.96. The maximum atomic E-state index is 13.2. The molecular formula is C16H18FNO. The number of hydrogen-bond donors (Lipinski definition) is 2. The molecule has 0 radical (unpaired) electrons. The molecule has 1 atom stereocenters. The van der Waals surface area contributed by atoms with Gasteiger partial charge in [0.15, 0.2) is 11.6 Å². The molecular weight excluding hydrogens is 241 g/mol. The normalized spacial score (nSPS) is 12.4. The molecule has 0 saturated heterocycles. The van der Waals surface area contributed by atoms with Crippen LogP contribution in [0, 0.1) is 12.7 Å². The zero-order valence-corrected chi connectivity index (χ0v) is 11.2. The number of rotatable bonds is 4. The van der Waals surface area contributed by atoms with E-state index in [0.29, 0.717) is 12.1 Å². The lowest BCUT2D eigenvalue weighted by atomic mass is 10.1. The van der Waals surface area contributed by atoms with Crippen LogP contribution in [0.1, 0.15) is 29.7 Å². The summed E-state index contributed by atoms with van der Waals surface area (Å²) in [4.78, 5) is 0. The molecule has 100 valence electrons. The Kier molecular flexibility index (Phi) is 4.17. The molecule has 0 aliphatic carbocycles. The molecule has 0 aliphatic heterocycles. The molecule has 19 heavy (non-hydrogen) atoms. The molecule has 2 nitrogen and oxygen atoms in total. The molecule has 0 heterocycles. The summed E-state index contributed by atoms with van der Waals surface area (Å²) >= 11 is 0. The zero-order chi connectivity index (χ0) is 13.8. The Morgan fingerprint density at radius 2 is 1.84 bits per heavy atom. The first-order valence-electron chi connectivity index (χ1n) is 6.34. The van der Waals surface area contributed by atoms with Crippen LogP contribution < -0.4 is 5.32 Å². The Morgan fingerprint density at radius 3 is 2.53 bits per heavy atom. The summed E-state index contributed by atoms with van der Waals surface area (Å²) in [5, 5.41) is 12.9. The molecule has 0 amide bonds. The second-order valence-corrected chi connectivity index (χ2v) is 4.76. The third kappa shape index (κ3) is 3.32. The van der Waals surface area contributed by atoms with Crippen LogP contribution in [0.15, 0.2) is 42.5 Å². The largest absolute Gasteiger partial charge is 0.505 e.